The van der Waals surface area contributed by atoms with Crippen molar-refractivity contribution < 1.29 is 22.0 Å². The van der Waals surface area contributed by atoms with Crippen LogP contribution in [0.4, 0.5) is 20.2 Å². The van der Waals surface area contributed by atoms with E-state index in [9.17, 15) is 22.0 Å². The van der Waals surface area contributed by atoms with Crippen molar-refractivity contribution in [3.63, 3.8) is 0 Å². The maximum atomic E-state index is 13.6. The van der Waals surface area contributed by atoms with Crippen molar-refractivity contribution in [3.05, 3.63) is 131 Å². The third-order valence-electron chi connectivity index (χ3n) is 6.93. The molecule has 0 aliphatic heterocycles. The minimum atomic E-state index is -3.72. The van der Waals surface area contributed by atoms with Crippen molar-refractivity contribution in [1.82, 2.24) is 10.6 Å². The van der Waals surface area contributed by atoms with Crippen LogP contribution in [0.25, 0.3) is 0 Å². The minimum Gasteiger partial charge on any atom is -0.347 e. The van der Waals surface area contributed by atoms with Gasteiger partial charge in [0.15, 0.2) is 0 Å². The van der Waals surface area contributed by atoms with Gasteiger partial charge in [-0.05, 0) is 66.4 Å². The van der Waals surface area contributed by atoms with Crippen LogP contribution in [0.2, 0.25) is 0 Å². The van der Waals surface area contributed by atoms with Gasteiger partial charge in [-0.3, -0.25) is 4.79 Å². The average molecular weight is 607 g/mol. The molecule has 0 radical (unpaired) electrons. The van der Waals surface area contributed by atoms with Crippen LogP contribution in [0, 0.1) is 6.92 Å². The van der Waals surface area contributed by atoms with E-state index in [2.05, 4.69) is 10.6 Å². The molecular weight excluding hydrogens is 570 g/mol. The first-order chi connectivity index (χ1) is 20.5. The highest BCUT2D eigenvalue weighted by atomic mass is 32.2. The second kappa shape index (κ2) is 14.4. The molecule has 2 unspecified atom stereocenters. The molecule has 4 aromatic carbocycles. The minimum absolute atomic E-state index is 0.0444. The lowest BCUT2D eigenvalue weighted by molar-refractivity contribution is 0.0930. The highest BCUT2D eigenvalue weighted by molar-refractivity contribution is 7.92. The van der Waals surface area contributed by atoms with Crippen molar-refractivity contribution in [3.8, 4) is 0 Å². The SMILES string of the molecule is Cc1cc(C(=O)NC(Cc2ccccc2)C(N)CNCc2cccc(C(F)F)c2)cc(N(c2ccccc2)S(C)(=O)=O)c1. The summed E-state index contributed by atoms with van der Waals surface area (Å²) in [5, 5.41) is 6.28. The third kappa shape index (κ3) is 8.93. The molecular formula is C33H36F2N4O3S. The summed E-state index contributed by atoms with van der Waals surface area (Å²) >= 11 is 0. The van der Waals surface area contributed by atoms with Crippen molar-refractivity contribution >= 4 is 27.3 Å². The van der Waals surface area contributed by atoms with Crippen LogP contribution >= 0.6 is 0 Å². The molecule has 2 atom stereocenters. The second-order valence-electron chi connectivity index (χ2n) is 10.5. The number of sulfonamides is 1. The molecule has 4 rings (SSSR count). The van der Waals surface area contributed by atoms with Crippen molar-refractivity contribution in [2.45, 2.75) is 38.4 Å². The molecule has 10 heteroatoms. The number of amides is 1. The Morgan fingerprint density at radius 2 is 1.51 bits per heavy atom. The number of rotatable bonds is 13. The molecule has 0 fully saturated rings. The van der Waals surface area contributed by atoms with Gasteiger partial charge in [0.2, 0.25) is 10.0 Å². The number of nitrogens with two attached hydrogens (primary N) is 1. The lowest BCUT2D eigenvalue weighted by Gasteiger charge is -2.27. The van der Waals surface area contributed by atoms with Gasteiger partial charge in [-0.2, -0.15) is 0 Å². The molecule has 0 aliphatic rings. The normalized spacial score (nSPS) is 13.0. The summed E-state index contributed by atoms with van der Waals surface area (Å²) in [5.74, 6) is -0.396. The number of benzene rings is 4. The van der Waals surface area contributed by atoms with E-state index in [0.717, 1.165) is 11.8 Å². The first-order valence-corrected chi connectivity index (χ1v) is 15.7. The quantitative estimate of drug-likeness (QED) is 0.187. The lowest BCUT2D eigenvalue weighted by atomic mass is 9.98. The highest BCUT2D eigenvalue weighted by Crippen LogP contribution is 2.30. The zero-order valence-electron chi connectivity index (χ0n) is 24.1. The van der Waals surface area contributed by atoms with E-state index < -0.39 is 34.4 Å². The number of alkyl halides is 2. The van der Waals surface area contributed by atoms with Crippen molar-refractivity contribution in [2.24, 2.45) is 5.73 Å². The van der Waals surface area contributed by atoms with Crippen LogP contribution in [0.3, 0.4) is 0 Å². The molecule has 0 saturated carbocycles. The Morgan fingerprint density at radius 3 is 2.16 bits per heavy atom. The third-order valence-corrected chi connectivity index (χ3v) is 8.01. The zero-order chi connectivity index (χ0) is 31.0. The molecule has 4 aromatic rings. The zero-order valence-corrected chi connectivity index (χ0v) is 24.9. The molecule has 7 nitrogen and oxygen atoms in total. The number of aryl methyl sites for hydroxylation is 1. The van der Waals surface area contributed by atoms with Gasteiger partial charge < -0.3 is 16.4 Å². The van der Waals surface area contributed by atoms with Gasteiger partial charge in [-0.1, -0.05) is 66.7 Å². The highest BCUT2D eigenvalue weighted by Gasteiger charge is 2.24. The molecule has 4 N–H and O–H groups in total. The van der Waals surface area contributed by atoms with Crippen LogP contribution < -0.4 is 20.7 Å². The maximum Gasteiger partial charge on any atom is 0.263 e. The molecule has 43 heavy (non-hydrogen) atoms. The fourth-order valence-corrected chi connectivity index (χ4v) is 5.89. The number of halogens is 2. The molecule has 0 heterocycles. The number of hydrogen-bond acceptors (Lipinski definition) is 5. The van der Waals surface area contributed by atoms with Gasteiger partial charge in [0, 0.05) is 36.3 Å². The van der Waals surface area contributed by atoms with Crippen LogP contribution in [0.5, 0.6) is 0 Å². The molecule has 0 saturated heterocycles. The molecule has 1 amide bonds. The summed E-state index contributed by atoms with van der Waals surface area (Å²) in [7, 11) is -3.72. The van der Waals surface area contributed by atoms with Crippen LogP contribution in [0.1, 0.15) is 39.0 Å². The molecule has 0 aliphatic carbocycles. The second-order valence-corrected chi connectivity index (χ2v) is 12.4. The van der Waals surface area contributed by atoms with E-state index in [1.165, 1.54) is 16.4 Å². The van der Waals surface area contributed by atoms with E-state index in [1.54, 1.807) is 67.6 Å². The van der Waals surface area contributed by atoms with E-state index in [4.69, 9.17) is 5.73 Å². The topological polar surface area (TPSA) is 105 Å². The summed E-state index contributed by atoms with van der Waals surface area (Å²) < 4.78 is 53.0. The monoisotopic (exact) mass is 606 g/mol. The van der Waals surface area contributed by atoms with E-state index in [0.29, 0.717) is 47.6 Å². The number of para-hydroxylation sites is 1. The predicted molar refractivity (Wildman–Crippen MR) is 167 cm³/mol. The number of carbonyl (C=O) groups is 1. The fraction of sp³-hybridized carbons (Fsp3) is 0.242. The van der Waals surface area contributed by atoms with Crippen LogP contribution in [-0.4, -0.2) is 39.2 Å². The Balaban J connectivity index is 1.54. The standard InChI is InChI=1S/C33H36F2N4O3S/c1-23-16-27(20-29(17-23)39(43(2,41)42)28-14-7-4-8-15-28)33(40)38-31(19-24-10-5-3-6-11-24)30(36)22-37-21-25-12-9-13-26(18-25)32(34)35/h3-18,20,30-32,37H,19,21-22,36H2,1-2H3,(H,38,40). The predicted octanol–water partition coefficient (Wildman–Crippen LogP) is 5.49. The summed E-state index contributed by atoms with van der Waals surface area (Å²) in [5.41, 5.74) is 10.0. The van der Waals surface area contributed by atoms with Gasteiger partial charge in [-0.15, -0.1) is 0 Å². The summed E-state index contributed by atoms with van der Waals surface area (Å²) in [6, 6.07) is 28.4. The smallest absolute Gasteiger partial charge is 0.263 e. The van der Waals surface area contributed by atoms with E-state index >= 15 is 0 Å². The van der Waals surface area contributed by atoms with E-state index in [1.807, 2.05) is 30.3 Å². The molecule has 0 spiro atoms. The Hall–Kier alpha value is -4.12. The number of anilines is 2. The average Bonchev–Trinajstić information content (AvgIpc) is 2.97. The van der Waals surface area contributed by atoms with Crippen molar-refractivity contribution in [1.29, 1.82) is 0 Å². The lowest BCUT2D eigenvalue weighted by Crippen LogP contribution is -2.53. The van der Waals surface area contributed by atoms with Gasteiger partial charge >= 0.3 is 0 Å². The largest absolute Gasteiger partial charge is 0.347 e. The number of nitrogens with one attached hydrogen (secondary N) is 2. The number of hydrogen-bond donors (Lipinski definition) is 3. The van der Waals surface area contributed by atoms with Gasteiger partial charge in [0.1, 0.15) is 0 Å². The Kier molecular flexibility index (Phi) is 10.6. The molecule has 0 bridgehead atoms. The molecule has 226 valence electrons. The fourth-order valence-electron chi connectivity index (χ4n) is 4.90. The van der Waals surface area contributed by atoms with Gasteiger partial charge in [0.25, 0.3) is 12.3 Å². The maximum absolute atomic E-state index is 13.6. The van der Waals surface area contributed by atoms with E-state index in [-0.39, 0.29) is 5.56 Å². The summed E-state index contributed by atoms with van der Waals surface area (Å²) in [6.07, 6.45) is -0.977. The Bertz CT molecular complexity index is 1620. The Morgan fingerprint density at radius 1 is 0.860 bits per heavy atom. The first-order valence-electron chi connectivity index (χ1n) is 13.9. The van der Waals surface area contributed by atoms with Gasteiger partial charge in [0.05, 0.1) is 17.6 Å². The van der Waals surface area contributed by atoms with Gasteiger partial charge in [-0.25, -0.2) is 21.5 Å². The Labute approximate surface area is 251 Å². The van der Waals surface area contributed by atoms with Crippen LogP contribution in [0.15, 0.2) is 103 Å². The summed E-state index contributed by atoms with van der Waals surface area (Å²) in [6.45, 7) is 2.44. The first kappa shape index (κ1) is 31.8. The number of carbonyl (C=O) groups excluding carboxylic acids is 1. The summed E-state index contributed by atoms with van der Waals surface area (Å²) in [4.78, 5) is 13.6. The van der Waals surface area contributed by atoms with Crippen LogP contribution in [-0.2, 0) is 23.0 Å². The molecule has 0 aromatic heterocycles. The van der Waals surface area contributed by atoms with Crippen molar-refractivity contribution in [2.75, 3.05) is 17.1 Å². The number of nitrogens with zero attached hydrogens (tertiary/aromatic N) is 1.